The molecule has 0 saturated heterocycles. The molecule has 23 heavy (non-hydrogen) atoms. The van der Waals surface area contributed by atoms with Crippen molar-refractivity contribution in [3.63, 3.8) is 0 Å². The number of hydrogen-bond acceptors (Lipinski definition) is 6. The van der Waals surface area contributed by atoms with E-state index in [1.807, 2.05) is 0 Å². The SMILES string of the molecule is COc1ncc(NC(=O)c2ccc(OC)c(F)c2)c(N(C)C)n1. The maximum atomic E-state index is 13.7. The number of halogens is 1. The van der Waals surface area contributed by atoms with E-state index in [0.29, 0.717) is 11.5 Å². The van der Waals surface area contributed by atoms with E-state index in [0.717, 1.165) is 6.07 Å². The first-order valence-electron chi connectivity index (χ1n) is 6.69. The van der Waals surface area contributed by atoms with E-state index < -0.39 is 11.7 Å². The van der Waals surface area contributed by atoms with Crippen LogP contribution >= 0.6 is 0 Å². The number of methoxy groups -OCH3 is 2. The molecule has 1 aromatic carbocycles. The Hall–Kier alpha value is -2.90. The van der Waals surface area contributed by atoms with Gasteiger partial charge in [-0.2, -0.15) is 4.98 Å². The Morgan fingerprint density at radius 2 is 2.00 bits per heavy atom. The van der Waals surface area contributed by atoms with Crippen molar-refractivity contribution in [2.24, 2.45) is 0 Å². The summed E-state index contributed by atoms with van der Waals surface area (Å²) in [6, 6.07) is 4.15. The van der Waals surface area contributed by atoms with Crippen LogP contribution in [-0.2, 0) is 0 Å². The van der Waals surface area contributed by atoms with E-state index in [1.165, 1.54) is 32.5 Å². The van der Waals surface area contributed by atoms with Crippen molar-refractivity contribution in [2.75, 3.05) is 38.5 Å². The summed E-state index contributed by atoms with van der Waals surface area (Å²) in [5, 5.41) is 2.66. The Morgan fingerprint density at radius 3 is 2.57 bits per heavy atom. The van der Waals surface area contributed by atoms with Gasteiger partial charge in [-0.1, -0.05) is 0 Å². The minimum atomic E-state index is -0.612. The number of amides is 1. The summed E-state index contributed by atoms with van der Waals surface area (Å²) in [6.45, 7) is 0. The fourth-order valence-corrected chi connectivity index (χ4v) is 1.89. The zero-order valence-electron chi connectivity index (χ0n) is 13.3. The Kier molecular flexibility index (Phi) is 4.95. The van der Waals surface area contributed by atoms with Crippen LogP contribution in [0, 0.1) is 5.82 Å². The van der Waals surface area contributed by atoms with Gasteiger partial charge >= 0.3 is 6.01 Å². The number of nitrogens with zero attached hydrogens (tertiary/aromatic N) is 3. The van der Waals surface area contributed by atoms with E-state index in [-0.39, 0.29) is 17.3 Å². The molecule has 2 aromatic rings. The highest BCUT2D eigenvalue weighted by Crippen LogP contribution is 2.24. The molecule has 0 aliphatic carbocycles. The molecule has 0 aliphatic rings. The first-order valence-corrected chi connectivity index (χ1v) is 6.69. The highest BCUT2D eigenvalue weighted by molar-refractivity contribution is 6.05. The number of ether oxygens (including phenoxy) is 2. The molecule has 122 valence electrons. The molecular weight excluding hydrogens is 303 g/mol. The van der Waals surface area contributed by atoms with Crippen LogP contribution in [0.15, 0.2) is 24.4 Å². The number of carbonyl (C=O) groups excluding carboxylic acids is 1. The third kappa shape index (κ3) is 3.65. The first-order chi connectivity index (χ1) is 11.0. The van der Waals surface area contributed by atoms with Gasteiger partial charge in [0.15, 0.2) is 17.4 Å². The van der Waals surface area contributed by atoms with Crippen LogP contribution in [0.3, 0.4) is 0 Å². The number of hydrogen-bond donors (Lipinski definition) is 1. The van der Waals surface area contributed by atoms with Crippen molar-refractivity contribution in [1.29, 1.82) is 0 Å². The molecule has 8 heteroatoms. The fourth-order valence-electron chi connectivity index (χ4n) is 1.89. The quantitative estimate of drug-likeness (QED) is 0.907. The van der Waals surface area contributed by atoms with Crippen molar-refractivity contribution in [2.45, 2.75) is 0 Å². The van der Waals surface area contributed by atoms with Gasteiger partial charge in [-0.15, -0.1) is 0 Å². The molecular formula is C15H17FN4O3. The number of benzene rings is 1. The number of anilines is 2. The van der Waals surface area contributed by atoms with Crippen molar-refractivity contribution >= 4 is 17.4 Å². The van der Waals surface area contributed by atoms with Crippen LogP contribution in [0.25, 0.3) is 0 Å². The monoisotopic (exact) mass is 320 g/mol. The van der Waals surface area contributed by atoms with Gasteiger partial charge in [0.05, 0.1) is 20.4 Å². The second kappa shape index (κ2) is 6.91. The molecule has 0 radical (unpaired) electrons. The minimum absolute atomic E-state index is 0.0725. The second-order valence-electron chi connectivity index (χ2n) is 4.79. The summed E-state index contributed by atoms with van der Waals surface area (Å²) in [4.78, 5) is 22.1. The average Bonchev–Trinajstić information content (AvgIpc) is 2.54. The third-order valence-corrected chi connectivity index (χ3v) is 3.01. The molecule has 0 unspecified atom stereocenters. The van der Waals surface area contributed by atoms with Crippen LogP contribution in [0.4, 0.5) is 15.9 Å². The van der Waals surface area contributed by atoms with Gasteiger partial charge in [-0.25, -0.2) is 9.37 Å². The number of aromatic nitrogens is 2. The first kappa shape index (κ1) is 16.5. The van der Waals surface area contributed by atoms with Gasteiger partial charge in [0.2, 0.25) is 0 Å². The lowest BCUT2D eigenvalue weighted by Crippen LogP contribution is -2.18. The van der Waals surface area contributed by atoms with Crippen LogP contribution in [-0.4, -0.2) is 44.2 Å². The Balaban J connectivity index is 2.28. The van der Waals surface area contributed by atoms with Gasteiger partial charge in [0.25, 0.3) is 5.91 Å². The van der Waals surface area contributed by atoms with Gasteiger partial charge in [0.1, 0.15) is 5.69 Å². The van der Waals surface area contributed by atoms with Gasteiger partial charge in [-0.05, 0) is 18.2 Å². The topological polar surface area (TPSA) is 76.6 Å². The lowest BCUT2D eigenvalue weighted by atomic mass is 10.2. The molecule has 2 rings (SSSR count). The van der Waals surface area contributed by atoms with Gasteiger partial charge in [0, 0.05) is 19.7 Å². The van der Waals surface area contributed by atoms with Crippen molar-refractivity contribution in [3.8, 4) is 11.8 Å². The Morgan fingerprint density at radius 1 is 1.26 bits per heavy atom. The molecule has 0 bridgehead atoms. The fraction of sp³-hybridized carbons (Fsp3) is 0.267. The lowest BCUT2D eigenvalue weighted by molar-refractivity contribution is 0.102. The molecule has 0 saturated carbocycles. The standard InChI is InChI=1S/C15H17FN4O3/c1-20(2)13-11(8-17-15(19-13)23-4)18-14(21)9-5-6-12(22-3)10(16)7-9/h5-8H,1-4H3,(H,18,21). The maximum absolute atomic E-state index is 13.7. The molecule has 0 fully saturated rings. The van der Waals surface area contributed by atoms with Crippen LogP contribution in [0.1, 0.15) is 10.4 Å². The normalized spacial score (nSPS) is 10.1. The third-order valence-electron chi connectivity index (χ3n) is 3.01. The van der Waals surface area contributed by atoms with Gasteiger partial charge in [-0.3, -0.25) is 4.79 Å². The summed E-state index contributed by atoms with van der Waals surface area (Å²) < 4.78 is 23.5. The highest BCUT2D eigenvalue weighted by Gasteiger charge is 2.15. The Labute approximate surface area is 133 Å². The summed E-state index contributed by atoms with van der Waals surface area (Å²) in [5.74, 6) is -0.551. The molecule has 0 atom stereocenters. The van der Waals surface area contributed by atoms with E-state index in [9.17, 15) is 9.18 Å². The van der Waals surface area contributed by atoms with Crippen LogP contribution < -0.4 is 19.7 Å². The number of rotatable bonds is 5. The van der Waals surface area contributed by atoms with Crippen LogP contribution in [0.2, 0.25) is 0 Å². The zero-order chi connectivity index (χ0) is 17.0. The van der Waals surface area contributed by atoms with Crippen molar-refractivity contribution < 1.29 is 18.7 Å². The van der Waals surface area contributed by atoms with Crippen LogP contribution in [0.5, 0.6) is 11.8 Å². The lowest BCUT2D eigenvalue weighted by Gasteiger charge is -2.16. The molecule has 1 aromatic heterocycles. The zero-order valence-corrected chi connectivity index (χ0v) is 13.3. The molecule has 1 heterocycles. The predicted octanol–water partition coefficient (Wildman–Crippen LogP) is 1.95. The molecule has 7 nitrogen and oxygen atoms in total. The number of carbonyl (C=O) groups is 1. The van der Waals surface area contributed by atoms with Crippen molar-refractivity contribution in [1.82, 2.24) is 9.97 Å². The van der Waals surface area contributed by atoms with E-state index in [4.69, 9.17) is 9.47 Å². The molecule has 1 N–H and O–H groups in total. The summed E-state index contributed by atoms with van der Waals surface area (Å²) in [6.07, 6.45) is 1.43. The molecule has 1 amide bonds. The minimum Gasteiger partial charge on any atom is -0.494 e. The van der Waals surface area contributed by atoms with E-state index in [1.54, 1.807) is 19.0 Å². The largest absolute Gasteiger partial charge is 0.494 e. The smallest absolute Gasteiger partial charge is 0.318 e. The van der Waals surface area contributed by atoms with E-state index >= 15 is 0 Å². The van der Waals surface area contributed by atoms with Crippen molar-refractivity contribution in [3.05, 3.63) is 35.8 Å². The maximum Gasteiger partial charge on any atom is 0.318 e. The molecule has 0 aliphatic heterocycles. The second-order valence-corrected chi connectivity index (χ2v) is 4.79. The Bertz CT molecular complexity index is 722. The van der Waals surface area contributed by atoms with Gasteiger partial charge < -0.3 is 19.7 Å². The predicted molar refractivity (Wildman–Crippen MR) is 83.8 cm³/mol. The summed E-state index contributed by atoms with van der Waals surface area (Å²) >= 11 is 0. The van der Waals surface area contributed by atoms with E-state index in [2.05, 4.69) is 15.3 Å². The molecule has 0 spiro atoms. The summed E-state index contributed by atoms with van der Waals surface area (Å²) in [7, 11) is 6.35. The summed E-state index contributed by atoms with van der Waals surface area (Å²) in [5.41, 5.74) is 0.542. The number of nitrogens with one attached hydrogen (secondary N) is 1. The average molecular weight is 320 g/mol. The highest BCUT2D eigenvalue weighted by atomic mass is 19.1.